The molecule has 1 aliphatic heterocycles. The van der Waals surface area contributed by atoms with E-state index in [0.29, 0.717) is 10.6 Å². The number of benzene rings is 2. The Bertz CT molecular complexity index is 934. The van der Waals surface area contributed by atoms with Crippen LogP contribution in [0.4, 0.5) is 10.5 Å². The second kappa shape index (κ2) is 8.21. The first kappa shape index (κ1) is 20.2. The molecule has 150 valence electrons. The Labute approximate surface area is 166 Å². The highest BCUT2D eigenvalue weighted by molar-refractivity contribution is 6.25. The minimum atomic E-state index is -2.58. The van der Waals surface area contributed by atoms with E-state index >= 15 is 0 Å². The highest BCUT2D eigenvalue weighted by Gasteiger charge is 2.60. The molecule has 0 radical (unpaired) electrons. The summed E-state index contributed by atoms with van der Waals surface area (Å²) in [6.07, 6.45) is -1.34. The van der Waals surface area contributed by atoms with Crippen molar-refractivity contribution in [2.75, 3.05) is 19.5 Å². The normalized spacial score (nSPS) is 18.1. The predicted molar refractivity (Wildman–Crippen MR) is 102 cm³/mol. The molecule has 0 aliphatic carbocycles. The first-order valence-electron chi connectivity index (χ1n) is 8.64. The predicted octanol–water partition coefficient (Wildman–Crippen LogP) is 1.37. The highest BCUT2D eigenvalue weighted by Crippen LogP contribution is 2.28. The Hall–Kier alpha value is -3.56. The van der Waals surface area contributed by atoms with Crippen LogP contribution in [0.1, 0.15) is 10.4 Å². The number of carbonyl (C=O) groups excluding carboxylic acids is 4. The number of ketones is 1. The number of carbonyl (C=O) groups is 4. The van der Waals surface area contributed by atoms with Gasteiger partial charge in [-0.3, -0.25) is 14.4 Å². The Morgan fingerprint density at radius 2 is 1.59 bits per heavy atom. The van der Waals surface area contributed by atoms with Gasteiger partial charge in [-0.1, -0.05) is 48.5 Å². The molecule has 2 atom stereocenters. The summed E-state index contributed by atoms with van der Waals surface area (Å²) in [5, 5.41) is 4.81. The van der Waals surface area contributed by atoms with Crippen molar-refractivity contribution in [3.8, 4) is 0 Å². The molecular weight excluding hydrogens is 378 g/mol. The van der Waals surface area contributed by atoms with Crippen LogP contribution in [-0.4, -0.2) is 54.7 Å². The third-order valence-electron chi connectivity index (χ3n) is 4.43. The van der Waals surface area contributed by atoms with Gasteiger partial charge < -0.3 is 20.1 Å². The standard InChI is InChI=1S/C20H19N3O6/c1-28-16-17(25)23(19(27)22-16)20(29-2,15(24)13-9-5-3-6-10-13)18(26)21-14-11-7-4-8-12-14/h3-12,16H,1-2H3,(H,21,26)(H,22,27). The molecule has 2 aromatic carbocycles. The van der Waals surface area contributed by atoms with Crippen LogP contribution in [0.15, 0.2) is 60.7 Å². The van der Waals surface area contributed by atoms with E-state index in [4.69, 9.17) is 9.47 Å². The molecule has 2 unspecified atom stereocenters. The number of amides is 4. The van der Waals surface area contributed by atoms with E-state index in [9.17, 15) is 19.2 Å². The van der Waals surface area contributed by atoms with Gasteiger partial charge in [0, 0.05) is 25.5 Å². The number of para-hydroxylation sites is 1. The van der Waals surface area contributed by atoms with Crippen molar-refractivity contribution in [2.24, 2.45) is 0 Å². The number of hydrogen-bond donors (Lipinski definition) is 2. The Morgan fingerprint density at radius 3 is 2.10 bits per heavy atom. The van der Waals surface area contributed by atoms with Crippen molar-refractivity contribution in [3.05, 3.63) is 66.2 Å². The maximum Gasteiger partial charge on any atom is 0.329 e. The lowest BCUT2D eigenvalue weighted by molar-refractivity contribution is -0.161. The van der Waals surface area contributed by atoms with Crippen LogP contribution in [-0.2, 0) is 19.1 Å². The van der Waals surface area contributed by atoms with Gasteiger partial charge in [0.05, 0.1) is 0 Å². The molecule has 2 N–H and O–H groups in total. The van der Waals surface area contributed by atoms with Crippen LogP contribution in [0.25, 0.3) is 0 Å². The first-order chi connectivity index (χ1) is 14.0. The number of methoxy groups -OCH3 is 2. The van der Waals surface area contributed by atoms with Gasteiger partial charge in [-0.25, -0.2) is 9.69 Å². The van der Waals surface area contributed by atoms with Crippen LogP contribution < -0.4 is 10.6 Å². The monoisotopic (exact) mass is 397 g/mol. The highest BCUT2D eigenvalue weighted by atomic mass is 16.5. The summed E-state index contributed by atoms with van der Waals surface area (Å²) in [7, 11) is 2.29. The van der Waals surface area contributed by atoms with Gasteiger partial charge in [-0.15, -0.1) is 0 Å². The lowest BCUT2D eigenvalue weighted by atomic mass is 9.97. The number of imide groups is 1. The number of anilines is 1. The summed E-state index contributed by atoms with van der Waals surface area (Å²) >= 11 is 0. The van der Waals surface area contributed by atoms with Crippen LogP contribution in [0.3, 0.4) is 0 Å². The number of rotatable bonds is 7. The van der Waals surface area contributed by atoms with E-state index in [1.54, 1.807) is 48.5 Å². The second-order valence-electron chi connectivity index (χ2n) is 6.10. The zero-order chi connectivity index (χ0) is 21.0. The molecule has 0 aromatic heterocycles. The van der Waals surface area contributed by atoms with Crippen LogP contribution in [0.5, 0.6) is 0 Å². The molecule has 3 rings (SSSR count). The first-order valence-corrected chi connectivity index (χ1v) is 8.64. The quantitative estimate of drug-likeness (QED) is 0.414. The number of urea groups is 1. The average Bonchev–Trinajstić information content (AvgIpc) is 3.04. The molecule has 1 aliphatic rings. The van der Waals surface area contributed by atoms with Crippen LogP contribution in [0, 0.1) is 0 Å². The molecule has 9 nitrogen and oxygen atoms in total. The SMILES string of the molecule is COC1NC(=O)N(C(OC)(C(=O)Nc2ccccc2)C(=O)c2ccccc2)C1=O. The van der Waals surface area contributed by atoms with Gasteiger partial charge in [0.15, 0.2) is 0 Å². The van der Waals surface area contributed by atoms with Gasteiger partial charge in [0.1, 0.15) is 0 Å². The van der Waals surface area contributed by atoms with Crippen molar-refractivity contribution in [1.29, 1.82) is 0 Å². The number of nitrogens with one attached hydrogen (secondary N) is 2. The summed E-state index contributed by atoms with van der Waals surface area (Å²) < 4.78 is 10.3. The molecule has 4 amide bonds. The van der Waals surface area contributed by atoms with Gasteiger partial charge >= 0.3 is 6.03 Å². The van der Waals surface area contributed by atoms with Gasteiger partial charge in [0.2, 0.25) is 12.0 Å². The van der Waals surface area contributed by atoms with Crippen molar-refractivity contribution in [2.45, 2.75) is 12.0 Å². The maximum absolute atomic E-state index is 13.4. The minimum Gasteiger partial charge on any atom is -0.353 e. The molecular formula is C20H19N3O6. The van der Waals surface area contributed by atoms with E-state index in [2.05, 4.69) is 10.6 Å². The summed E-state index contributed by atoms with van der Waals surface area (Å²) in [4.78, 5) is 52.4. The number of Topliss-reactive ketones (excluding diaryl/α,β-unsaturated/α-hetero) is 1. The summed E-state index contributed by atoms with van der Waals surface area (Å²) in [5.74, 6) is -2.80. The molecule has 0 saturated carbocycles. The fourth-order valence-electron chi connectivity index (χ4n) is 3.02. The molecule has 0 bridgehead atoms. The number of ether oxygens (including phenoxy) is 2. The lowest BCUT2D eigenvalue weighted by Gasteiger charge is -2.35. The second-order valence-corrected chi connectivity index (χ2v) is 6.10. The van der Waals surface area contributed by atoms with E-state index < -0.39 is 35.6 Å². The van der Waals surface area contributed by atoms with Crippen molar-refractivity contribution in [1.82, 2.24) is 10.2 Å². The summed E-state index contributed by atoms with van der Waals surface area (Å²) in [5.41, 5.74) is -2.14. The maximum atomic E-state index is 13.4. The topological polar surface area (TPSA) is 114 Å². The van der Waals surface area contributed by atoms with E-state index in [0.717, 1.165) is 7.11 Å². The van der Waals surface area contributed by atoms with Gasteiger partial charge in [-0.2, -0.15) is 0 Å². The third-order valence-corrected chi connectivity index (χ3v) is 4.43. The number of hydrogen-bond acceptors (Lipinski definition) is 6. The van der Waals surface area contributed by atoms with Crippen LogP contribution in [0.2, 0.25) is 0 Å². The largest absolute Gasteiger partial charge is 0.353 e. The molecule has 0 spiro atoms. The third kappa shape index (κ3) is 3.48. The van der Waals surface area contributed by atoms with E-state index in [-0.39, 0.29) is 5.56 Å². The lowest BCUT2D eigenvalue weighted by Crippen LogP contribution is -2.65. The fraction of sp³-hybridized carbons (Fsp3) is 0.200. The van der Waals surface area contributed by atoms with Crippen molar-refractivity contribution < 1.29 is 28.7 Å². The summed E-state index contributed by atoms with van der Waals surface area (Å²) in [6, 6.07) is 15.1. The number of nitrogens with zero attached hydrogens (tertiary/aromatic N) is 1. The molecule has 29 heavy (non-hydrogen) atoms. The fourth-order valence-corrected chi connectivity index (χ4v) is 3.02. The van der Waals surface area contributed by atoms with Gasteiger partial charge in [-0.05, 0) is 12.1 Å². The van der Waals surface area contributed by atoms with Crippen molar-refractivity contribution in [3.63, 3.8) is 0 Å². The molecule has 9 heteroatoms. The molecule has 1 fully saturated rings. The molecule has 1 heterocycles. The Balaban J connectivity index is 2.11. The summed E-state index contributed by atoms with van der Waals surface area (Å²) in [6.45, 7) is 0. The molecule has 1 saturated heterocycles. The minimum absolute atomic E-state index is 0.0824. The Kier molecular flexibility index (Phi) is 5.71. The van der Waals surface area contributed by atoms with E-state index in [1.165, 1.54) is 19.2 Å². The zero-order valence-electron chi connectivity index (χ0n) is 15.7. The smallest absolute Gasteiger partial charge is 0.329 e. The van der Waals surface area contributed by atoms with Crippen molar-refractivity contribution >= 4 is 29.3 Å². The van der Waals surface area contributed by atoms with Crippen LogP contribution >= 0.6 is 0 Å². The molecule has 2 aromatic rings. The van der Waals surface area contributed by atoms with E-state index in [1.807, 2.05) is 0 Å². The zero-order valence-corrected chi connectivity index (χ0v) is 15.7. The Morgan fingerprint density at radius 1 is 1.00 bits per heavy atom. The average molecular weight is 397 g/mol. The van der Waals surface area contributed by atoms with Gasteiger partial charge in [0.25, 0.3) is 17.5 Å².